The van der Waals surface area contributed by atoms with Crippen molar-refractivity contribution in [2.24, 2.45) is 0 Å². The lowest BCUT2D eigenvalue weighted by molar-refractivity contribution is 0.0689. The molecule has 2 aromatic rings. The summed E-state index contributed by atoms with van der Waals surface area (Å²) in [5.41, 5.74) is 1.36. The third kappa shape index (κ3) is 1.92. The summed E-state index contributed by atoms with van der Waals surface area (Å²) in [5.74, 6) is -1.09. The maximum Gasteiger partial charge on any atom is 0.356 e. The lowest BCUT2D eigenvalue weighted by Gasteiger charge is -2.02. The van der Waals surface area contributed by atoms with E-state index in [2.05, 4.69) is 10.1 Å². The van der Waals surface area contributed by atoms with Gasteiger partial charge in [0.25, 0.3) is 0 Å². The molecule has 17 heavy (non-hydrogen) atoms. The molecule has 86 valence electrons. The van der Waals surface area contributed by atoms with Gasteiger partial charge in [-0.05, 0) is 13.0 Å². The minimum absolute atomic E-state index is 0.0290. The van der Waals surface area contributed by atoms with E-state index in [4.69, 9.17) is 5.11 Å². The molecule has 2 aromatic heterocycles. The summed E-state index contributed by atoms with van der Waals surface area (Å²) in [6, 6.07) is 1.60. The predicted octanol–water partition coefficient (Wildman–Crippen LogP) is 1.09. The van der Waals surface area contributed by atoms with Crippen LogP contribution in [0.1, 0.15) is 26.4 Å². The lowest BCUT2D eigenvalue weighted by Crippen LogP contribution is -2.03. The lowest BCUT2D eigenvalue weighted by atomic mass is 10.2. The van der Waals surface area contributed by atoms with Crippen LogP contribution in [-0.2, 0) is 0 Å². The second kappa shape index (κ2) is 4.17. The van der Waals surface area contributed by atoms with Crippen LogP contribution in [0.2, 0.25) is 0 Å². The molecule has 0 spiro atoms. The van der Waals surface area contributed by atoms with Crippen molar-refractivity contribution in [3.05, 3.63) is 41.5 Å². The zero-order valence-electron chi connectivity index (χ0n) is 8.99. The minimum atomic E-state index is -1.09. The second-order valence-corrected chi connectivity index (χ2v) is 3.46. The van der Waals surface area contributed by atoms with Crippen molar-refractivity contribution < 1.29 is 14.7 Å². The third-order valence-electron chi connectivity index (χ3n) is 2.30. The molecule has 2 rings (SSSR count). The molecule has 0 fully saturated rings. The molecule has 0 aliphatic rings. The molecular weight excluding hydrogens is 222 g/mol. The number of carboxylic acids is 1. The van der Waals surface area contributed by atoms with Gasteiger partial charge in [0.15, 0.2) is 12.0 Å². The normalized spacial score (nSPS) is 10.2. The topological polar surface area (TPSA) is 85.1 Å². The molecule has 0 radical (unpaired) electrons. The molecule has 6 heteroatoms. The van der Waals surface area contributed by atoms with Gasteiger partial charge in [-0.1, -0.05) is 0 Å². The van der Waals surface area contributed by atoms with Crippen LogP contribution in [0, 0.1) is 6.92 Å². The van der Waals surface area contributed by atoms with Crippen molar-refractivity contribution >= 4 is 12.3 Å². The van der Waals surface area contributed by atoms with Gasteiger partial charge in [0, 0.05) is 24.2 Å². The molecule has 2 heterocycles. The molecule has 0 saturated heterocycles. The van der Waals surface area contributed by atoms with Crippen LogP contribution in [0.3, 0.4) is 0 Å². The minimum Gasteiger partial charge on any atom is -0.476 e. The second-order valence-electron chi connectivity index (χ2n) is 3.46. The molecule has 0 aliphatic carbocycles. The van der Waals surface area contributed by atoms with Crippen LogP contribution >= 0.6 is 0 Å². The maximum absolute atomic E-state index is 10.9. The molecular formula is C11H9N3O3. The number of aldehydes is 1. The van der Waals surface area contributed by atoms with E-state index in [0.717, 1.165) is 0 Å². The average Bonchev–Trinajstić information content (AvgIpc) is 2.71. The number of nitrogens with zero attached hydrogens (tertiary/aromatic N) is 3. The first kappa shape index (κ1) is 11.0. The van der Waals surface area contributed by atoms with Crippen molar-refractivity contribution in [3.63, 3.8) is 0 Å². The van der Waals surface area contributed by atoms with Crippen molar-refractivity contribution in [2.75, 3.05) is 0 Å². The highest BCUT2D eigenvalue weighted by Crippen LogP contribution is 2.14. The standard InChI is InChI=1S/C11H9N3O3/c1-7-5-14(13-10(7)11(16)17)9-2-3-12-4-8(9)6-15/h2-6H,1H3,(H,16,17). The molecule has 0 atom stereocenters. The summed E-state index contributed by atoms with van der Waals surface area (Å²) in [4.78, 5) is 25.5. The van der Waals surface area contributed by atoms with E-state index in [1.165, 1.54) is 17.1 Å². The fourth-order valence-electron chi connectivity index (χ4n) is 1.49. The number of hydrogen-bond donors (Lipinski definition) is 1. The van der Waals surface area contributed by atoms with Crippen molar-refractivity contribution in [1.29, 1.82) is 0 Å². The van der Waals surface area contributed by atoms with Gasteiger partial charge in [-0.25, -0.2) is 9.48 Å². The van der Waals surface area contributed by atoms with Gasteiger partial charge in [-0.15, -0.1) is 0 Å². The fraction of sp³-hybridized carbons (Fsp3) is 0.0909. The van der Waals surface area contributed by atoms with Gasteiger partial charge in [-0.3, -0.25) is 9.78 Å². The summed E-state index contributed by atoms with van der Waals surface area (Å²) < 4.78 is 1.37. The molecule has 0 aromatic carbocycles. The Bertz CT molecular complexity index is 589. The average molecular weight is 231 g/mol. The van der Waals surface area contributed by atoms with Crippen LogP contribution in [-0.4, -0.2) is 32.1 Å². The number of carbonyl (C=O) groups excluding carboxylic acids is 1. The maximum atomic E-state index is 10.9. The first-order valence-corrected chi connectivity index (χ1v) is 4.82. The highest BCUT2D eigenvalue weighted by molar-refractivity contribution is 5.87. The van der Waals surface area contributed by atoms with E-state index in [1.807, 2.05) is 0 Å². The van der Waals surface area contributed by atoms with Gasteiger partial charge in [-0.2, -0.15) is 5.10 Å². The Kier molecular flexibility index (Phi) is 2.70. The van der Waals surface area contributed by atoms with Crippen molar-refractivity contribution in [3.8, 4) is 5.69 Å². The molecule has 0 amide bonds. The SMILES string of the molecule is Cc1cn(-c2ccncc2C=O)nc1C(=O)O. The number of pyridine rings is 1. The molecule has 6 nitrogen and oxygen atoms in total. The summed E-state index contributed by atoms with van der Waals surface area (Å²) in [6.07, 6.45) is 5.13. The van der Waals surface area contributed by atoms with Gasteiger partial charge in [0.2, 0.25) is 0 Å². The molecule has 0 unspecified atom stereocenters. The van der Waals surface area contributed by atoms with Crippen LogP contribution in [0.4, 0.5) is 0 Å². The van der Waals surface area contributed by atoms with Gasteiger partial charge in [0.05, 0.1) is 11.3 Å². The summed E-state index contributed by atoms with van der Waals surface area (Å²) in [7, 11) is 0. The summed E-state index contributed by atoms with van der Waals surface area (Å²) in [6.45, 7) is 1.65. The number of rotatable bonds is 3. The monoisotopic (exact) mass is 231 g/mol. The largest absolute Gasteiger partial charge is 0.476 e. The van der Waals surface area contributed by atoms with Crippen LogP contribution < -0.4 is 0 Å². The molecule has 0 aliphatic heterocycles. The highest BCUT2D eigenvalue weighted by Gasteiger charge is 2.14. The van der Waals surface area contributed by atoms with E-state index in [0.29, 0.717) is 23.1 Å². The first-order valence-electron chi connectivity index (χ1n) is 4.82. The number of aryl methyl sites for hydroxylation is 1. The molecule has 0 bridgehead atoms. The summed E-state index contributed by atoms with van der Waals surface area (Å²) >= 11 is 0. The third-order valence-corrected chi connectivity index (χ3v) is 2.30. The van der Waals surface area contributed by atoms with Crippen LogP contribution in [0.5, 0.6) is 0 Å². The van der Waals surface area contributed by atoms with Gasteiger partial charge in [0.1, 0.15) is 0 Å². The highest BCUT2D eigenvalue weighted by atomic mass is 16.4. The Morgan fingerprint density at radius 3 is 2.88 bits per heavy atom. The van der Waals surface area contributed by atoms with E-state index >= 15 is 0 Å². The zero-order chi connectivity index (χ0) is 12.4. The van der Waals surface area contributed by atoms with Crippen LogP contribution in [0.15, 0.2) is 24.7 Å². The van der Waals surface area contributed by atoms with Gasteiger partial charge < -0.3 is 5.11 Å². The first-order chi connectivity index (χ1) is 8.13. The number of aromatic nitrogens is 3. The number of carboxylic acid groups (broad SMARTS) is 1. The Balaban J connectivity index is 2.57. The van der Waals surface area contributed by atoms with E-state index < -0.39 is 5.97 Å². The van der Waals surface area contributed by atoms with E-state index in [1.54, 1.807) is 19.2 Å². The number of carbonyl (C=O) groups is 2. The molecule has 0 saturated carbocycles. The van der Waals surface area contributed by atoms with E-state index in [9.17, 15) is 9.59 Å². The fourth-order valence-corrected chi connectivity index (χ4v) is 1.49. The number of aromatic carboxylic acids is 1. The summed E-state index contributed by atoms with van der Waals surface area (Å²) in [5, 5.41) is 12.8. The Hall–Kier alpha value is -2.50. The van der Waals surface area contributed by atoms with Crippen molar-refractivity contribution in [1.82, 2.24) is 14.8 Å². The number of hydrogen-bond acceptors (Lipinski definition) is 4. The van der Waals surface area contributed by atoms with E-state index in [-0.39, 0.29) is 5.69 Å². The Labute approximate surface area is 96.5 Å². The zero-order valence-corrected chi connectivity index (χ0v) is 8.99. The van der Waals surface area contributed by atoms with Crippen LogP contribution in [0.25, 0.3) is 5.69 Å². The predicted molar refractivity (Wildman–Crippen MR) is 58.4 cm³/mol. The van der Waals surface area contributed by atoms with Gasteiger partial charge >= 0.3 is 5.97 Å². The Morgan fingerprint density at radius 2 is 2.29 bits per heavy atom. The smallest absolute Gasteiger partial charge is 0.356 e. The van der Waals surface area contributed by atoms with Crippen molar-refractivity contribution in [2.45, 2.75) is 6.92 Å². The quantitative estimate of drug-likeness (QED) is 0.799. The molecule has 1 N–H and O–H groups in total. The Morgan fingerprint density at radius 1 is 1.53 bits per heavy atom.